The van der Waals surface area contributed by atoms with Crippen molar-refractivity contribution in [2.24, 2.45) is 11.3 Å². The van der Waals surface area contributed by atoms with Gasteiger partial charge in [0.05, 0.1) is 6.61 Å². The maximum atomic E-state index is 5.43. The zero-order chi connectivity index (χ0) is 7.31. The molecule has 3 saturated heterocycles. The molecule has 2 heteroatoms. The van der Waals surface area contributed by atoms with Gasteiger partial charge < -0.3 is 10.1 Å². The second kappa shape index (κ2) is 1.99. The summed E-state index contributed by atoms with van der Waals surface area (Å²) in [5, 5.41) is 3.56. The van der Waals surface area contributed by atoms with Crippen molar-refractivity contribution in [1.82, 2.24) is 5.32 Å². The van der Waals surface area contributed by atoms with E-state index in [4.69, 9.17) is 4.74 Å². The minimum absolute atomic E-state index is 0.682. The summed E-state index contributed by atoms with van der Waals surface area (Å²) in [6.07, 6.45) is 4.18. The summed E-state index contributed by atoms with van der Waals surface area (Å²) in [6.45, 7) is 3.32. The second-order valence-corrected chi connectivity index (χ2v) is 4.41. The molecule has 0 spiro atoms. The van der Waals surface area contributed by atoms with Crippen LogP contribution in [0.1, 0.15) is 19.3 Å². The van der Waals surface area contributed by atoms with Gasteiger partial charge in [0.1, 0.15) is 0 Å². The molecule has 1 N–H and O–H groups in total. The number of ether oxygens (including phenoxy) is 1. The van der Waals surface area contributed by atoms with Gasteiger partial charge in [0.25, 0.3) is 0 Å². The Labute approximate surface area is 67.3 Å². The van der Waals surface area contributed by atoms with Gasteiger partial charge in [0.2, 0.25) is 0 Å². The Hall–Kier alpha value is -0.0800. The zero-order valence-corrected chi connectivity index (χ0v) is 6.81. The van der Waals surface area contributed by atoms with E-state index in [2.05, 4.69) is 5.32 Å². The lowest BCUT2D eigenvalue weighted by atomic mass is 9.62. The van der Waals surface area contributed by atoms with Crippen LogP contribution in [0.3, 0.4) is 0 Å². The average molecular weight is 153 g/mol. The smallest absolute Gasteiger partial charge is 0.0500 e. The van der Waals surface area contributed by atoms with Crippen LogP contribution >= 0.6 is 0 Å². The summed E-state index contributed by atoms with van der Waals surface area (Å²) in [4.78, 5) is 0. The number of nitrogens with one attached hydrogen (secondary N) is 1. The van der Waals surface area contributed by atoms with Gasteiger partial charge in [-0.2, -0.15) is 0 Å². The van der Waals surface area contributed by atoms with Crippen LogP contribution in [0.25, 0.3) is 0 Å². The highest BCUT2D eigenvalue weighted by Crippen LogP contribution is 2.53. The molecule has 1 aliphatic carbocycles. The van der Waals surface area contributed by atoms with Crippen LogP contribution in [0.5, 0.6) is 0 Å². The Morgan fingerprint density at radius 1 is 1.36 bits per heavy atom. The fourth-order valence-electron chi connectivity index (χ4n) is 3.05. The first-order valence-electron chi connectivity index (χ1n) is 4.70. The Kier molecular flexibility index (Phi) is 1.16. The lowest BCUT2D eigenvalue weighted by Gasteiger charge is -2.41. The molecule has 1 unspecified atom stereocenters. The normalized spacial score (nSPS) is 54.5. The Morgan fingerprint density at radius 2 is 2.27 bits per heavy atom. The molecule has 0 amide bonds. The van der Waals surface area contributed by atoms with Gasteiger partial charge in [0.15, 0.2) is 0 Å². The standard InChI is InChI=1S/C9H15NO/c1-2-11-5-7(1)9-3-8(4-9)10-6-9/h7-8,10H,1-6H2. The predicted molar refractivity (Wildman–Crippen MR) is 42.4 cm³/mol. The number of hydrogen-bond donors (Lipinski definition) is 1. The van der Waals surface area contributed by atoms with Crippen molar-refractivity contribution >= 4 is 0 Å². The van der Waals surface area contributed by atoms with E-state index in [1.807, 2.05) is 0 Å². The molecule has 62 valence electrons. The molecule has 4 fully saturated rings. The van der Waals surface area contributed by atoms with Crippen LogP contribution in [-0.4, -0.2) is 25.8 Å². The van der Waals surface area contributed by atoms with E-state index in [9.17, 15) is 0 Å². The monoisotopic (exact) mass is 153 g/mol. The number of fused-ring (bicyclic) bond motifs is 1. The van der Waals surface area contributed by atoms with Crippen LogP contribution in [0.2, 0.25) is 0 Å². The third kappa shape index (κ3) is 0.744. The summed E-state index contributed by atoms with van der Waals surface area (Å²) >= 11 is 0. The molecule has 1 saturated carbocycles. The molecule has 2 bridgehead atoms. The maximum absolute atomic E-state index is 5.43. The van der Waals surface area contributed by atoms with Crippen molar-refractivity contribution in [3.63, 3.8) is 0 Å². The van der Waals surface area contributed by atoms with E-state index in [-0.39, 0.29) is 0 Å². The summed E-state index contributed by atoms with van der Waals surface area (Å²) in [7, 11) is 0. The van der Waals surface area contributed by atoms with Gasteiger partial charge in [-0.3, -0.25) is 0 Å². The molecule has 1 atom stereocenters. The van der Waals surface area contributed by atoms with E-state index < -0.39 is 0 Å². The molecule has 0 radical (unpaired) electrons. The highest BCUT2D eigenvalue weighted by molar-refractivity contribution is 5.09. The molecule has 0 aromatic heterocycles. The van der Waals surface area contributed by atoms with Crippen molar-refractivity contribution in [3.05, 3.63) is 0 Å². The summed E-state index contributed by atoms with van der Waals surface area (Å²) in [5.41, 5.74) is 0.682. The Balaban J connectivity index is 1.77. The van der Waals surface area contributed by atoms with Crippen LogP contribution in [0.15, 0.2) is 0 Å². The average Bonchev–Trinajstić information content (AvgIpc) is 2.59. The molecule has 3 aliphatic heterocycles. The lowest BCUT2D eigenvalue weighted by molar-refractivity contribution is 0.0823. The van der Waals surface area contributed by atoms with Crippen LogP contribution in [0, 0.1) is 11.3 Å². The fraction of sp³-hybridized carbons (Fsp3) is 1.00. The van der Waals surface area contributed by atoms with Crippen molar-refractivity contribution in [2.45, 2.75) is 25.3 Å². The first kappa shape index (κ1) is 6.44. The third-order valence-corrected chi connectivity index (χ3v) is 3.84. The van der Waals surface area contributed by atoms with E-state index in [0.717, 1.165) is 25.2 Å². The SMILES string of the molecule is C1CC(C23CNC(C2)C3)CO1. The Bertz CT molecular complexity index is 163. The highest BCUT2D eigenvalue weighted by Gasteiger charge is 2.55. The van der Waals surface area contributed by atoms with Crippen molar-refractivity contribution in [1.29, 1.82) is 0 Å². The molecule has 4 rings (SSSR count). The second-order valence-electron chi connectivity index (χ2n) is 4.41. The molecule has 2 nitrogen and oxygen atoms in total. The van der Waals surface area contributed by atoms with Crippen molar-refractivity contribution in [2.75, 3.05) is 19.8 Å². The topological polar surface area (TPSA) is 21.3 Å². The van der Waals surface area contributed by atoms with Gasteiger partial charge >= 0.3 is 0 Å². The number of rotatable bonds is 1. The summed E-state index contributed by atoms with van der Waals surface area (Å²) < 4.78 is 5.43. The van der Waals surface area contributed by atoms with Gasteiger partial charge in [-0.1, -0.05) is 0 Å². The first-order valence-corrected chi connectivity index (χ1v) is 4.70. The lowest BCUT2D eigenvalue weighted by Crippen LogP contribution is -2.40. The van der Waals surface area contributed by atoms with E-state index in [1.54, 1.807) is 0 Å². The maximum Gasteiger partial charge on any atom is 0.0500 e. The quantitative estimate of drug-likeness (QED) is 0.601. The zero-order valence-electron chi connectivity index (χ0n) is 6.81. The van der Waals surface area contributed by atoms with E-state index in [0.29, 0.717) is 5.41 Å². The van der Waals surface area contributed by atoms with Gasteiger partial charge in [-0.05, 0) is 30.6 Å². The first-order chi connectivity index (χ1) is 5.39. The molecule has 0 aromatic rings. The Morgan fingerprint density at radius 3 is 2.82 bits per heavy atom. The minimum Gasteiger partial charge on any atom is -0.381 e. The molecular weight excluding hydrogens is 138 g/mol. The van der Waals surface area contributed by atoms with Crippen LogP contribution < -0.4 is 5.32 Å². The van der Waals surface area contributed by atoms with E-state index >= 15 is 0 Å². The predicted octanol–water partition coefficient (Wildman–Crippen LogP) is 0.775. The van der Waals surface area contributed by atoms with Gasteiger partial charge in [-0.15, -0.1) is 0 Å². The largest absolute Gasteiger partial charge is 0.381 e. The molecule has 3 heterocycles. The van der Waals surface area contributed by atoms with Crippen molar-refractivity contribution in [3.8, 4) is 0 Å². The molecular formula is C9H15NO. The molecule has 4 aliphatic rings. The molecule has 0 aromatic carbocycles. The fourth-order valence-corrected chi connectivity index (χ4v) is 3.05. The van der Waals surface area contributed by atoms with Crippen LogP contribution in [-0.2, 0) is 4.74 Å². The minimum atomic E-state index is 0.682. The van der Waals surface area contributed by atoms with E-state index in [1.165, 1.54) is 25.8 Å². The summed E-state index contributed by atoms with van der Waals surface area (Å²) in [5.74, 6) is 0.883. The number of hydrogen-bond acceptors (Lipinski definition) is 2. The third-order valence-electron chi connectivity index (χ3n) is 3.84. The van der Waals surface area contributed by atoms with Gasteiger partial charge in [0, 0.05) is 19.2 Å². The van der Waals surface area contributed by atoms with Gasteiger partial charge in [-0.25, -0.2) is 0 Å². The summed E-state index contributed by atoms with van der Waals surface area (Å²) in [6, 6.07) is 0.871. The van der Waals surface area contributed by atoms with Crippen LogP contribution in [0.4, 0.5) is 0 Å². The highest BCUT2D eigenvalue weighted by atomic mass is 16.5. The van der Waals surface area contributed by atoms with Crippen molar-refractivity contribution < 1.29 is 4.74 Å². The molecule has 11 heavy (non-hydrogen) atoms.